The minimum Gasteiger partial charge on any atom is -0.335 e. The number of nitrogens with zero attached hydrogens (tertiary/aromatic N) is 5. The van der Waals surface area contributed by atoms with Gasteiger partial charge in [0.15, 0.2) is 5.82 Å². The number of para-hydroxylation sites is 1. The van der Waals surface area contributed by atoms with Crippen LogP contribution >= 0.6 is 23.4 Å². The van der Waals surface area contributed by atoms with Crippen LogP contribution in [0, 0.1) is 0 Å². The van der Waals surface area contributed by atoms with Crippen molar-refractivity contribution in [2.75, 3.05) is 16.9 Å². The third-order valence-electron chi connectivity index (χ3n) is 5.10. The van der Waals surface area contributed by atoms with Crippen LogP contribution in [-0.4, -0.2) is 36.3 Å². The number of nitrogens with one attached hydrogen (secondary N) is 1. The van der Waals surface area contributed by atoms with Crippen LogP contribution in [0.4, 0.5) is 5.82 Å². The second-order valence-corrected chi connectivity index (χ2v) is 8.82. The summed E-state index contributed by atoms with van der Waals surface area (Å²) in [5.41, 5.74) is 2.58. The zero-order valence-corrected chi connectivity index (χ0v) is 18.6. The minimum absolute atomic E-state index is 0.122. The first-order valence-electron chi connectivity index (χ1n) is 10.1. The molecule has 1 saturated carbocycles. The van der Waals surface area contributed by atoms with Gasteiger partial charge in [0.1, 0.15) is 5.82 Å². The van der Waals surface area contributed by atoms with E-state index in [-0.39, 0.29) is 11.7 Å². The Bertz CT molecular complexity index is 1270. The number of nitrogen functional groups attached to an aromatic ring is 1. The summed E-state index contributed by atoms with van der Waals surface area (Å²) in [6, 6.07) is 19.0. The Morgan fingerprint density at radius 3 is 2.62 bits per heavy atom. The Balaban J connectivity index is 1.30. The molecule has 0 spiro atoms. The molecule has 10 heteroatoms. The van der Waals surface area contributed by atoms with E-state index in [0.29, 0.717) is 33.3 Å². The summed E-state index contributed by atoms with van der Waals surface area (Å²) in [4.78, 5) is 12.7. The highest BCUT2D eigenvalue weighted by Crippen LogP contribution is 2.40. The summed E-state index contributed by atoms with van der Waals surface area (Å²) in [6.45, 7) is 0. The van der Waals surface area contributed by atoms with E-state index < -0.39 is 0 Å². The van der Waals surface area contributed by atoms with Gasteiger partial charge in [-0.25, -0.2) is 9.36 Å². The Kier molecular flexibility index (Phi) is 5.59. The van der Waals surface area contributed by atoms with Crippen LogP contribution in [0.25, 0.3) is 17.1 Å². The summed E-state index contributed by atoms with van der Waals surface area (Å²) in [5, 5.41) is 16.9. The molecule has 0 atom stereocenters. The monoisotopic (exact) mass is 465 g/mol. The van der Waals surface area contributed by atoms with E-state index in [1.165, 1.54) is 16.4 Å². The molecule has 3 N–H and O–H groups in total. The van der Waals surface area contributed by atoms with Gasteiger partial charge in [-0.05, 0) is 37.1 Å². The number of thioether (sulfide) groups is 1. The highest BCUT2D eigenvalue weighted by molar-refractivity contribution is 7.99. The normalized spacial score (nSPS) is 13.3. The molecule has 2 aromatic heterocycles. The van der Waals surface area contributed by atoms with E-state index in [4.69, 9.17) is 22.5 Å². The fourth-order valence-corrected chi connectivity index (χ4v) is 4.22. The molecular formula is C22H20ClN7OS. The zero-order valence-electron chi connectivity index (χ0n) is 17.0. The maximum Gasteiger partial charge on any atom is 0.236 e. The summed E-state index contributed by atoms with van der Waals surface area (Å²) in [6.07, 6.45) is 2.27. The molecule has 0 radical (unpaired) electrons. The van der Waals surface area contributed by atoms with Crippen molar-refractivity contribution < 1.29 is 4.79 Å². The van der Waals surface area contributed by atoms with E-state index in [1.54, 1.807) is 10.7 Å². The predicted molar refractivity (Wildman–Crippen MR) is 126 cm³/mol. The first kappa shape index (κ1) is 20.6. The van der Waals surface area contributed by atoms with Gasteiger partial charge in [0.2, 0.25) is 11.1 Å². The maximum atomic E-state index is 12.7. The second kappa shape index (κ2) is 8.68. The molecule has 0 aliphatic heterocycles. The molecule has 1 aliphatic rings. The number of hydrogen-bond donors (Lipinski definition) is 2. The van der Waals surface area contributed by atoms with Gasteiger partial charge < -0.3 is 11.2 Å². The van der Waals surface area contributed by atoms with Crippen molar-refractivity contribution in [1.29, 1.82) is 0 Å². The van der Waals surface area contributed by atoms with E-state index in [2.05, 4.69) is 15.5 Å². The van der Waals surface area contributed by atoms with Crippen molar-refractivity contribution in [1.82, 2.24) is 24.7 Å². The van der Waals surface area contributed by atoms with Crippen molar-refractivity contribution in [3.05, 3.63) is 71.4 Å². The quantitative estimate of drug-likeness (QED) is 0.314. The third kappa shape index (κ3) is 4.21. The molecule has 0 unspecified atom stereocenters. The fourth-order valence-electron chi connectivity index (χ4n) is 3.34. The molecule has 32 heavy (non-hydrogen) atoms. The second-order valence-electron chi connectivity index (χ2n) is 7.47. The number of aromatic nitrogens is 5. The van der Waals surface area contributed by atoms with Crippen LogP contribution < -0.4 is 11.2 Å². The van der Waals surface area contributed by atoms with Crippen LogP contribution in [0.2, 0.25) is 5.02 Å². The standard InChI is InChI=1S/C22H20ClN7OS/c23-17-9-5-4-8-16(17)21-26-27-22(29(21)24)32-13-20(31)25-19-12-18(14-10-11-14)28-30(19)15-6-2-1-3-7-15/h1-9,12,14H,10-11,13,24H2,(H,25,31). The number of anilines is 1. The molecule has 0 bridgehead atoms. The van der Waals surface area contributed by atoms with Gasteiger partial charge in [0.05, 0.1) is 22.2 Å². The molecule has 1 amide bonds. The van der Waals surface area contributed by atoms with Gasteiger partial charge in [-0.15, -0.1) is 10.2 Å². The van der Waals surface area contributed by atoms with Gasteiger partial charge in [-0.2, -0.15) is 5.10 Å². The molecule has 0 saturated heterocycles. The average molecular weight is 466 g/mol. The topological polar surface area (TPSA) is 104 Å². The molecule has 1 fully saturated rings. The number of amides is 1. The fraction of sp³-hybridized carbons (Fsp3) is 0.182. The molecule has 8 nitrogen and oxygen atoms in total. The lowest BCUT2D eigenvalue weighted by Crippen LogP contribution is -2.18. The number of nitrogens with two attached hydrogens (primary N) is 1. The summed E-state index contributed by atoms with van der Waals surface area (Å²) < 4.78 is 3.12. The first-order valence-corrected chi connectivity index (χ1v) is 11.5. The Hall–Kier alpha value is -3.30. The lowest BCUT2D eigenvalue weighted by atomic mass is 10.2. The van der Waals surface area contributed by atoms with Crippen molar-refractivity contribution in [3.63, 3.8) is 0 Å². The van der Waals surface area contributed by atoms with Crippen molar-refractivity contribution >= 4 is 35.1 Å². The van der Waals surface area contributed by atoms with Crippen LogP contribution in [0.3, 0.4) is 0 Å². The molecular weight excluding hydrogens is 446 g/mol. The number of carbonyl (C=O) groups excluding carboxylic acids is 1. The first-order chi connectivity index (χ1) is 15.6. The molecule has 1 aliphatic carbocycles. The van der Waals surface area contributed by atoms with Crippen LogP contribution in [0.15, 0.2) is 65.8 Å². The molecule has 2 heterocycles. The Labute approximate surface area is 193 Å². The molecule has 2 aromatic carbocycles. The van der Waals surface area contributed by atoms with Gasteiger partial charge in [-0.1, -0.05) is 53.7 Å². The van der Waals surface area contributed by atoms with Crippen LogP contribution in [-0.2, 0) is 4.79 Å². The number of benzene rings is 2. The van der Waals surface area contributed by atoms with E-state index in [0.717, 1.165) is 24.2 Å². The highest BCUT2D eigenvalue weighted by atomic mass is 35.5. The molecule has 162 valence electrons. The van der Waals surface area contributed by atoms with E-state index in [9.17, 15) is 4.79 Å². The smallest absolute Gasteiger partial charge is 0.236 e. The van der Waals surface area contributed by atoms with E-state index >= 15 is 0 Å². The van der Waals surface area contributed by atoms with Crippen LogP contribution in [0.1, 0.15) is 24.5 Å². The minimum atomic E-state index is -0.184. The lowest BCUT2D eigenvalue weighted by molar-refractivity contribution is -0.113. The SMILES string of the molecule is Nn1c(SCC(=O)Nc2cc(C3CC3)nn2-c2ccccc2)nnc1-c1ccccc1Cl. The van der Waals surface area contributed by atoms with Gasteiger partial charge >= 0.3 is 0 Å². The predicted octanol–water partition coefficient (Wildman–Crippen LogP) is 4.11. The van der Waals surface area contributed by atoms with Crippen molar-refractivity contribution in [2.45, 2.75) is 23.9 Å². The summed E-state index contributed by atoms with van der Waals surface area (Å²) in [5.74, 6) is 7.65. The number of hydrogen-bond acceptors (Lipinski definition) is 6. The number of halogens is 1. The van der Waals surface area contributed by atoms with Gasteiger partial charge in [0, 0.05) is 17.5 Å². The summed E-state index contributed by atoms with van der Waals surface area (Å²) >= 11 is 7.44. The van der Waals surface area contributed by atoms with Gasteiger partial charge in [-0.3, -0.25) is 4.79 Å². The Morgan fingerprint density at radius 1 is 1.12 bits per heavy atom. The highest BCUT2D eigenvalue weighted by Gasteiger charge is 2.28. The molecule has 5 rings (SSSR count). The summed E-state index contributed by atoms with van der Waals surface area (Å²) in [7, 11) is 0. The number of rotatable bonds is 7. The van der Waals surface area contributed by atoms with Crippen molar-refractivity contribution in [2.24, 2.45) is 0 Å². The number of carbonyl (C=O) groups is 1. The van der Waals surface area contributed by atoms with E-state index in [1.807, 2.05) is 54.6 Å². The van der Waals surface area contributed by atoms with Crippen molar-refractivity contribution in [3.8, 4) is 17.1 Å². The molecule has 4 aromatic rings. The zero-order chi connectivity index (χ0) is 22.1. The van der Waals surface area contributed by atoms with Gasteiger partial charge in [0.25, 0.3) is 0 Å². The lowest BCUT2D eigenvalue weighted by Gasteiger charge is -2.09. The average Bonchev–Trinajstić information content (AvgIpc) is 3.48. The Morgan fingerprint density at radius 2 is 1.88 bits per heavy atom. The maximum absolute atomic E-state index is 12.7. The largest absolute Gasteiger partial charge is 0.335 e. The third-order valence-corrected chi connectivity index (χ3v) is 6.38. The van der Waals surface area contributed by atoms with Crippen LogP contribution in [0.5, 0.6) is 0 Å².